The maximum Gasteiger partial charge on any atom is 0.114 e. The molecule has 1 nitrogen and oxygen atoms in total. The first kappa shape index (κ1) is 6.86. The summed E-state index contributed by atoms with van der Waals surface area (Å²) < 4.78 is 5.36. The van der Waals surface area contributed by atoms with Crippen LogP contribution >= 0.6 is 0 Å². The van der Waals surface area contributed by atoms with Gasteiger partial charge in [0.05, 0.1) is 6.61 Å². The van der Waals surface area contributed by atoms with Crippen molar-refractivity contribution in [2.24, 2.45) is 0 Å². The van der Waals surface area contributed by atoms with Crippen LogP contribution in [0.2, 0.25) is 0 Å². The highest BCUT2D eigenvalue weighted by atomic mass is 16.6. The summed E-state index contributed by atoms with van der Waals surface area (Å²) in [5, 5.41) is 0. The fourth-order valence-electron chi connectivity index (χ4n) is 1.43. The number of benzene rings is 1. The van der Waals surface area contributed by atoms with E-state index >= 15 is 0 Å². The van der Waals surface area contributed by atoms with Crippen LogP contribution in [0.4, 0.5) is 0 Å². The molecule has 1 saturated heterocycles. The molecule has 0 amide bonds. The Hall–Kier alpha value is -0.820. The van der Waals surface area contributed by atoms with E-state index in [1.165, 1.54) is 11.1 Å². The molecule has 0 aliphatic carbocycles. The zero-order valence-electron chi connectivity index (χ0n) is 6.92. The smallest absolute Gasteiger partial charge is 0.114 e. The molecule has 0 radical (unpaired) electrons. The van der Waals surface area contributed by atoms with Crippen LogP contribution in [0.1, 0.15) is 18.1 Å². The first-order valence-corrected chi connectivity index (χ1v) is 3.92. The van der Waals surface area contributed by atoms with E-state index in [1.54, 1.807) is 0 Å². The van der Waals surface area contributed by atoms with E-state index in [4.69, 9.17) is 4.74 Å². The van der Waals surface area contributed by atoms with E-state index in [1.807, 2.05) is 0 Å². The Bertz CT molecular complexity index is 274. The van der Waals surface area contributed by atoms with Crippen molar-refractivity contribution in [3.8, 4) is 0 Å². The molecule has 1 heteroatoms. The number of hydrogen-bond acceptors (Lipinski definition) is 1. The number of aryl methyl sites for hydroxylation is 1. The molecular weight excluding hydrogens is 136 g/mol. The van der Waals surface area contributed by atoms with Crippen molar-refractivity contribution in [2.75, 3.05) is 6.61 Å². The zero-order valence-corrected chi connectivity index (χ0v) is 6.92. The van der Waals surface area contributed by atoms with Crippen molar-refractivity contribution < 1.29 is 4.74 Å². The lowest BCUT2D eigenvalue weighted by Gasteiger charge is -2.07. The van der Waals surface area contributed by atoms with E-state index in [2.05, 4.69) is 38.1 Å². The molecule has 2 rings (SSSR count). The topological polar surface area (TPSA) is 12.5 Å². The maximum absolute atomic E-state index is 5.36. The number of ether oxygens (including phenoxy) is 1. The molecule has 0 saturated carbocycles. The molecule has 58 valence electrons. The molecule has 1 heterocycles. The molecule has 0 N–H and O–H groups in total. The monoisotopic (exact) mass is 148 g/mol. The Balaban J connectivity index is 2.45. The molecule has 0 unspecified atom stereocenters. The van der Waals surface area contributed by atoms with Gasteiger partial charge in [0.25, 0.3) is 0 Å². The van der Waals surface area contributed by atoms with Crippen LogP contribution < -0.4 is 0 Å². The molecular formula is C10H12O. The predicted octanol–water partition coefficient (Wildman–Crippen LogP) is 2.24. The second kappa shape index (κ2) is 2.08. The molecule has 1 aromatic rings. The molecule has 1 fully saturated rings. The largest absolute Gasteiger partial charge is 0.365 e. The minimum Gasteiger partial charge on any atom is -0.365 e. The van der Waals surface area contributed by atoms with Gasteiger partial charge in [-0.05, 0) is 25.0 Å². The van der Waals surface area contributed by atoms with E-state index in [0.717, 1.165) is 6.61 Å². The molecule has 11 heavy (non-hydrogen) atoms. The first-order valence-electron chi connectivity index (χ1n) is 3.92. The normalized spacial score (nSPS) is 28.5. The maximum atomic E-state index is 5.36. The standard InChI is InChI=1S/C10H12O/c1-8-5-3-4-6-9(8)10(2)7-11-10/h3-6H,7H2,1-2H3/t10-/m0/s1. The van der Waals surface area contributed by atoms with Gasteiger partial charge in [-0.15, -0.1) is 0 Å². The van der Waals surface area contributed by atoms with Gasteiger partial charge < -0.3 is 4.74 Å². The minimum atomic E-state index is 0.0331. The Morgan fingerprint density at radius 1 is 1.36 bits per heavy atom. The lowest BCUT2D eigenvalue weighted by molar-refractivity contribution is 0.328. The van der Waals surface area contributed by atoms with Crippen molar-refractivity contribution >= 4 is 0 Å². The lowest BCUT2D eigenvalue weighted by Crippen LogP contribution is -2.03. The van der Waals surface area contributed by atoms with Gasteiger partial charge in [-0.25, -0.2) is 0 Å². The van der Waals surface area contributed by atoms with Crippen LogP contribution in [0.5, 0.6) is 0 Å². The third kappa shape index (κ3) is 1.05. The summed E-state index contributed by atoms with van der Waals surface area (Å²) in [6, 6.07) is 8.39. The highest BCUT2D eigenvalue weighted by Crippen LogP contribution is 2.39. The Morgan fingerprint density at radius 2 is 2.00 bits per heavy atom. The number of hydrogen-bond donors (Lipinski definition) is 0. The van der Waals surface area contributed by atoms with Crippen molar-refractivity contribution in [3.63, 3.8) is 0 Å². The van der Waals surface area contributed by atoms with E-state index in [-0.39, 0.29) is 5.60 Å². The highest BCUT2D eigenvalue weighted by molar-refractivity contribution is 5.33. The molecule has 1 aromatic carbocycles. The molecule has 1 atom stereocenters. The van der Waals surface area contributed by atoms with Gasteiger partial charge in [-0.2, -0.15) is 0 Å². The average molecular weight is 148 g/mol. The average Bonchev–Trinajstić information content (AvgIpc) is 2.70. The molecule has 0 bridgehead atoms. The van der Waals surface area contributed by atoms with Crippen LogP contribution in [0.3, 0.4) is 0 Å². The van der Waals surface area contributed by atoms with E-state index in [9.17, 15) is 0 Å². The van der Waals surface area contributed by atoms with Gasteiger partial charge in [0.1, 0.15) is 5.60 Å². The summed E-state index contributed by atoms with van der Waals surface area (Å²) in [6.45, 7) is 5.13. The quantitative estimate of drug-likeness (QED) is 0.556. The van der Waals surface area contributed by atoms with Crippen LogP contribution in [-0.4, -0.2) is 6.61 Å². The fraction of sp³-hybridized carbons (Fsp3) is 0.400. The highest BCUT2D eigenvalue weighted by Gasteiger charge is 2.41. The molecule has 0 spiro atoms. The van der Waals surface area contributed by atoms with Gasteiger partial charge in [0, 0.05) is 0 Å². The van der Waals surface area contributed by atoms with Gasteiger partial charge in [-0.1, -0.05) is 24.3 Å². The third-order valence-corrected chi connectivity index (χ3v) is 2.29. The number of epoxide rings is 1. The third-order valence-electron chi connectivity index (χ3n) is 2.29. The van der Waals surface area contributed by atoms with Gasteiger partial charge in [0.15, 0.2) is 0 Å². The number of rotatable bonds is 1. The van der Waals surface area contributed by atoms with Crippen LogP contribution in [-0.2, 0) is 10.3 Å². The summed E-state index contributed by atoms with van der Waals surface area (Å²) in [6.07, 6.45) is 0. The minimum absolute atomic E-state index is 0.0331. The van der Waals surface area contributed by atoms with Crippen molar-refractivity contribution in [1.29, 1.82) is 0 Å². The summed E-state index contributed by atoms with van der Waals surface area (Å²) in [7, 11) is 0. The van der Waals surface area contributed by atoms with Gasteiger partial charge >= 0.3 is 0 Å². The Morgan fingerprint density at radius 3 is 2.55 bits per heavy atom. The second-order valence-electron chi connectivity index (χ2n) is 3.33. The molecule has 1 aliphatic heterocycles. The summed E-state index contributed by atoms with van der Waals surface area (Å²) in [5.74, 6) is 0. The van der Waals surface area contributed by atoms with Crippen molar-refractivity contribution in [1.82, 2.24) is 0 Å². The lowest BCUT2D eigenvalue weighted by atomic mass is 9.97. The van der Waals surface area contributed by atoms with Crippen LogP contribution in [0, 0.1) is 6.92 Å². The zero-order chi connectivity index (χ0) is 7.90. The molecule has 1 aliphatic rings. The summed E-state index contributed by atoms with van der Waals surface area (Å²) >= 11 is 0. The van der Waals surface area contributed by atoms with Gasteiger partial charge in [0.2, 0.25) is 0 Å². The Kier molecular flexibility index (Phi) is 1.30. The van der Waals surface area contributed by atoms with E-state index in [0.29, 0.717) is 0 Å². The SMILES string of the molecule is Cc1ccccc1[C@]1(C)CO1. The first-order chi connectivity index (χ1) is 5.22. The van der Waals surface area contributed by atoms with Crippen molar-refractivity contribution in [3.05, 3.63) is 35.4 Å². The van der Waals surface area contributed by atoms with Gasteiger partial charge in [-0.3, -0.25) is 0 Å². The van der Waals surface area contributed by atoms with E-state index < -0.39 is 0 Å². The van der Waals surface area contributed by atoms with Crippen LogP contribution in [0.25, 0.3) is 0 Å². The fourth-order valence-corrected chi connectivity index (χ4v) is 1.43. The Labute approximate surface area is 67.0 Å². The van der Waals surface area contributed by atoms with Crippen molar-refractivity contribution in [2.45, 2.75) is 19.4 Å². The summed E-state index contributed by atoms with van der Waals surface area (Å²) in [5.41, 5.74) is 2.69. The summed E-state index contributed by atoms with van der Waals surface area (Å²) in [4.78, 5) is 0. The van der Waals surface area contributed by atoms with Crippen LogP contribution in [0.15, 0.2) is 24.3 Å². The second-order valence-corrected chi connectivity index (χ2v) is 3.33. The predicted molar refractivity (Wildman–Crippen MR) is 44.5 cm³/mol. The molecule has 0 aromatic heterocycles.